The molecule has 0 fully saturated rings. The molecule has 0 spiro atoms. The molecule has 3 aromatic rings. The zero-order valence-electron chi connectivity index (χ0n) is 17.7. The molecular formula is C23H29N3O2S. The Hall–Kier alpha value is -2.44. The average Bonchev–Trinajstić information content (AvgIpc) is 3.09. The lowest BCUT2D eigenvalue weighted by Gasteiger charge is -2.24. The van der Waals surface area contributed by atoms with Gasteiger partial charge < -0.3 is 4.57 Å². The standard InChI is InChI=1S/C23H29N3O2S/c1-16(2)21(13-26-14-22(24-15-26)20-9-7-6-8-10-20)25-29(27,28)23-18(4)11-17(3)12-19(23)5/h6-12,14-16,21,25H,13H2,1-5H3. The van der Waals surface area contributed by atoms with E-state index in [1.54, 1.807) is 6.33 Å². The van der Waals surface area contributed by atoms with Gasteiger partial charge in [-0.25, -0.2) is 18.1 Å². The maximum Gasteiger partial charge on any atom is 0.241 e. The Morgan fingerprint density at radius 2 is 1.66 bits per heavy atom. The lowest BCUT2D eigenvalue weighted by Crippen LogP contribution is -2.41. The molecule has 0 saturated heterocycles. The fourth-order valence-corrected chi connectivity index (χ4v) is 5.51. The number of rotatable bonds is 7. The summed E-state index contributed by atoms with van der Waals surface area (Å²) in [7, 11) is -3.63. The first-order chi connectivity index (χ1) is 13.7. The third-order valence-electron chi connectivity index (χ3n) is 5.09. The molecule has 1 aromatic heterocycles. The molecule has 1 unspecified atom stereocenters. The van der Waals surface area contributed by atoms with Crippen LogP contribution < -0.4 is 4.72 Å². The van der Waals surface area contributed by atoms with Crippen LogP contribution in [0.3, 0.4) is 0 Å². The summed E-state index contributed by atoms with van der Waals surface area (Å²) in [4.78, 5) is 4.86. The first-order valence-corrected chi connectivity index (χ1v) is 11.3. The summed E-state index contributed by atoms with van der Waals surface area (Å²) in [6.07, 6.45) is 3.72. The predicted octanol–water partition coefficient (Wildman–Crippen LogP) is 4.48. The van der Waals surface area contributed by atoms with Gasteiger partial charge in [0, 0.05) is 24.3 Å². The summed E-state index contributed by atoms with van der Waals surface area (Å²) >= 11 is 0. The molecular weight excluding hydrogens is 382 g/mol. The molecule has 6 heteroatoms. The molecule has 2 aromatic carbocycles. The fourth-order valence-electron chi connectivity index (χ4n) is 3.68. The summed E-state index contributed by atoms with van der Waals surface area (Å²) < 4.78 is 31.2. The highest BCUT2D eigenvalue weighted by molar-refractivity contribution is 7.89. The molecule has 154 valence electrons. The molecule has 0 aliphatic rings. The zero-order chi connectivity index (χ0) is 21.2. The Kier molecular flexibility index (Phi) is 6.24. The van der Waals surface area contributed by atoms with Crippen LogP contribution in [0.15, 0.2) is 59.9 Å². The van der Waals surface area contributed by atoms with E-state index in [9.17, 15) is 8.42 Å². The maximum absolute atomic E-state index is 13.2. The van der Waals surface area contributed by atoms with E-state index in [1.807, 2.05) is 87.8 Å². The Morgan fingerprint density at radius 3 is 2.24 bits per heavy atom. The smallest absolute Gasteiger partial charge is 0.241 e. The zero-order valence-corrected chi connectivity index (χ0v) is 18.5. The first kappa shape index (κ1) is 21.3. The number of benzene rings is 2. The molecule has 0 amide bonds. The van der Waals surface area contributed by atoms with Crippen LogP contribution in [-0.4, -0.2) is 24.0 Å². The minimum absolute atomic E-state index is 0.124. The number of imidazole rings is 1. The second-order valence-corrected chi connectivity index (χ2v) is 9.67. The van der Waals surface area contributed by atoms with E-state index >= 15 is 0 Å². The Bertz CT molecular complexity index is 1060. The van der Waals surface area contributed by atoms with Gasteiger partial charge in [-0.15, -0.1) is 0 Å². The molecule has 1 atom stereocenters. The van der Waals surface area contributed by atoms with E-state index in [1.165, 1.54) is 0 Å². The molecule has 5 nitrogen and oxygen atoms in total. The summed E-state index contributed by atoms with van der Waals surface area (Å²) in [6, 6.07) is 13.5. The summed E-state index contributed by atoms with van der Waals surface area (Å²) in [6.45, 7) is 10.2. The number of nitrogens with one attached hydrogen (secondary N) is 1. The van der Waals surface area contributed by atoms with Crippen LogP contribution in [0.2, 0.25) is 0 Å². The van der Waals surface area contributed by atoms with Gasteiger partial charge in [0.15, 0.2) is 0 Å². The van der Waals surface area contributed by atoms with E-state index in [2.05, 4.69) is 9.71 Å². The molecule has 29 heavy (non-hydrogen) atoms. The van der Waals surface area contributed by atoms with E-state index in [0.717, 1.165) is 27.9 Å². The van der Waals surface area contributed by atoms with Crippen molar-refractivity contribution < 1.29 is 8.42 Å². The number of nitrogens with zero attached hydrogens (tertiary/aromatic N) is 2. The molecule has 1 heterocycles. The van der Waals surface area contributed by atoms with Crippen molar-refractivity contribution in [3.63, 3.8) is 0 Å². The third kappa shape index (κ3) is 4.95. The third-order valence-corrected chi connectivity index (χ3v) is 6.89. The van der Waals surface area contributed by atoms with Gasteiger partial charge in [-0.05, 0) is 37.8 Å². The van der Waals surface area contributed by atoms with Crippen LogP contribution in [0.5, 0.6) is 0 Å². The molecule has 0 radical (unpaired) electrons. The molecule has 1 N–H and O–H groups in total. The molecule has 0 bridgehead atoms. The first-order valence-electron chi connectivity index (χ1n) is 9.85. The van der Waals surface area contributed by atoms with Crippen molar-refractivity contribution in [1.29, 1.82) is 0 Å². The summed E-state index contributed by atoms with van der Waals surface area (Å²) in [5.41, 5.74) is 4.52. The number of sulfonamides is 1. The summed E-state index contributed by atoms with van der Waals surface area (Å²) in [5, 5.41) is 0. The van der Waals surface area contributed by atoms with Crippen LogP contribution >= 0.6 is 0 Å². The van der Waals surface area contributed by atoms with Gasteiger partial charge in [0.2, 0.25) is 10.0 Å². The van der Waals surface area contributed by atoms with Crippen LogP contribution in [0.25, 0.3) is 11.3 Å². The predicted molar refractivity (Wildman–Crippen MR) is 117 cm³/mol. The highest BCUT2D eigenvalue weighted by Gasteiger charge is 2.26. The van der Waals surface area contributed by atoms with Gasteiger partial charge in [-0.2, -0.15) is 0 Å². The van der Waals surface area contributed by atoms with Crippen molar-refractivity contribution >= 4 is 10.0 Å². The minimum atomic E-state index is -3.63. The van der Waals surface area contributed by atoms with Gasteiger partial charge >= 0.3 is 0 Å². The highest BCUT2D eigenvalue weighted by Crippen LogP contribution is 2.23. The number of hydrogen-bond acceptors (Lipinski definition) is 3. The Morgan fingerprint density at radius 1 is 1.03 bits per heavy atom. The monoisotopic (exact) mass is 411 g/mol. The lowest BCUT2D eigenvalue weighted by molar-refractivity contribution is 0.398. The van der Waals surface area contributed by atoms with Crippen molar-refractivity contribution in [1.82, 2.24) is 14.3 Å². The van der Waals surface area contributed by atoms with Gasteiger partial charge in [-0.1, -0.05) is 61.9 Å². The van der Waals surface area contributed by atoms with Gasteiger partial charge in [0.1, 0.15) is 0 Å². The molecule has 3 rings (SSSR count). The second kappa shape index (κ2) is 8.51. The lowest BCUT2D eigenvalue weighted by atomic mass is 10.1. The molecule has 0 aliphatic heterocycles. The minimum Gasteiger partial charge on any atom is -0.335 e. The Labute approximate surface area is 173 Å². The van der Waals surface area contributed by atoms with E-state index < -0.39 is 10.0 Å². The SMILES string of the molecule is Cc1cc(C)c(S(=O)(=O)NC(Cn2cnc(-c3ccccc3)c2)C(C)C)c(C)c1. The van der Waals surface area contributed by atoms with Crippen molar-refractivity contribution in [2.45, 2.75) is 52.1 Å². The van der Waals surface area contributed by atoms with Crippen molar-refractivity contribution in [2.75, 3.05) is 0 Å². The summed E-state index contributed by atoms with van der Waals surface area (Å²) in [5.74, 6) is 0.124. The molecule has 0 saturated carbocycles. The van der Waals surface area contributed by atoms with Gasteiger partial charge in [0.25, 0.3) is 0 Å². The highest BCUT2D eigenvalue weighted by atomic mass is 32.2. The topological polar surface area (TPSA) is 64.0 Å². The van der Waals surface area contributed by atoms with E-state index in [-0.39, 0.29) is 12.0 Å². The quantitative estimate of drug-likeness (QED) is 0.623. The fraction of sp³-hybridized carbons (Fsp3) is 0.348. The molecule has 0 aliphatic carbocycles. The van der Waals surface area contributed by atoms with Crippen molar-refractivity contribution in [2.24, 2.45) is 5.92 Å². The Balaban J connectivity index is 1.84. The van der Waals surface area contributed by atoms with Crippen LogP contribution in [0.1, 0.15) is 30.5 Å². The van der Waals surface area contributed by atoms with Crippen LogP contribution in [0, 0.1) is 26.7 Å². The van der Waals surface area contributed by atoms with Crippen molar-refractivity contribution in [3.8, 4) is 11.3 Å². The average molecular weight is 412 g/mol. The maximum atomic E-state index is 13.2. The van der Waals surface area contributed by atoms with Gasteiger partial charge in [-0.3, -0.25) is 0 Å². The van der Waals surface area contributed by atoms with Gasteiger partial charge in [0.05, 0.1) is 16.9 Å². The number of aryl methyl sites for hydroxylation is 3. The largest absolute Gasteiger partial charge is 0.335 e. The van der Waals surface area contributed by atoms with E-state index in [4.69, 9.17) is 0 Å². The second-order valence-electron chi connectivity index (χ2n) is 8.02. The van der Waals surface area contributed by atoms with Crippen LogP contribution in [-0.2, 0) is 16.6 Å². The number of aromatic nitrogens is 2. The van der Waals surface area contributed by atoms with E-state index in [0.29, 0.717) is 11.4 Å². The normalized spacial score (nSPS) is 13.0. The van der Waals surface area contributed by atoms with Crippen LogP contribution in [0.4, 0.5) is 0 Å². The number of hydrogen-bond donors (Lipinski definition) is 1. The van der Waals surface area contributed by atoms with Crippen molar-refractivity contribution in [3.05, 3.63) is 71.7 Å².